The Morgan fingerprint density at radius 1 is 1.35 bits per heavy atom. The third-order valence-corrected chi connectivity index (χ3v) is 4.58. The lowest BCUT2D eigenvalue weighted by Gasteiger charge is -2.25. The fourth-order valence-corrected chi connectivity index (χ4v) is 2.71. The van der Waals surface area contributed by atoms with Crippen molar-refractivity contribution in [2.24, 2.45) is 22.2 Å². The number of hydrogen-bond acceptors (Lipinski definition) is 2. The standard InChI is InChI=1S/C14H28N2S/c1-10(2)7-12-9-17-13(16-12)15-8-11(3)14(4,5)6/h10-12H,7-9H2,1-6H3,(H,15,16). The van der Waals surface area contributed by atoms with E-state index < -0.39 is 0 Å². The molecule has 1 saturated heterocycles. The minimum Gasteiger partial charge on any atom is -0.361 e. The van der Waals surface area contributed by atoms with E-state index in [2.05, 4.69) is 46.9 Å². The van der Waals surface area contributed by atoms with Crippen molar-refractivity contribution in [3.05, 3.63) is 0 Å². The van der Waals surface area contributed by atoms with Gasteiger partial charge in [-0.1, -0.05) is 53.3 Å². The fourth-order valence-electron chi connectivity index (χ4n) is 1.72. The van der Waals surface area contributed by atoms with Gasteiger partial charge in [0.1, 0.15) is 0 Å². The van der Waals surface area contributed by atoms with Crippen molar-refractivity contribution < 1.29 is 0 Å². The molecule has 1 aliphatic rings. The average Bonchev–Trinajstić information content (AvgIpc) is 2.59. The van der Waals surface area contributed by atoms with Crippen molar-refractivity contribution in [1.29, 1.82) is 0 Å². The molecule has 2 atom stereocenters. The minimum atomic E-state index is 0.352. The van der Waals surface area contributed by atoms with E-state index in [1.165, 1.54) is 12.2 Å². The molecule has 0 radical (unpaired) electrons. The van der Waals surface area contributed by atoms with Crippen LogP contribution in [0.15, 0.2) is 4.99 Å². The van der Waals surface area contributed by atoms with E-state index in [-0.39, 0.29) is 0 Å². The molecule has 3 heteroatoms. The summed E-state index contributed by atoms with van der Waals surface area (Å²) in [5.74, 6) is 2.57. The van der Waals surface area contributed by atoms with Crippen molar-refractivity contribution in [2.45, 2.75) is 54.0 Å². The minimum absolute atomic E-state index is 0.352. The van der Waals surface area contributed by atoms with Crippen LogP contribution in [0.3, 0.4) is 0 Å². The van der Waals surface area contributed by atoms with Gasteiger partial charge in [0.15, 0.2) is 5.17 Å². The first kappa shape index (κ1) is 14.9. The van der Waals surface area contributed by atoms with Gasteiger partial charge in [-0.05, 0) is 23.7 Å². The molecule has 0 aromatic rings. The Hall–Kier alpha value is -0.180. The van der Waals surface area contributed by atoms with Crippen LogP contribution in [-0.4, -0.2) is 23.5 Å². The summed E-state index contributed by atoms with van der Waals surface area (Å²) < 4.78 is 0. The molecule has 17 heavy (non-hydrogen) atoms. The topological polar surface area (TPSA) is 24.4 Å². The predicted molar refractivity (Wildman–Crippen MR) is 79.8 cm³/mol. The first-order valence-electron chi connectivity index (χ1n) is 6.73. The summed E-state index contributed by atoms with van der Waals surface area (Å²) in [6.07, 6.45) is 1.25. The van der Waals surface area contributed by atoms with Gasteiger partial charge in [0.05, 0.1) is 0 Å². The molecule has 2 nitrogen and oxygen atoms in total. The van der Waals surface area contributed by atoms with E-state index in [4.69, 9.17) is 4.99 Å². The van der Waals surface area contributed by atoms with Gasteiger partial charge in [-0.2, -0.15) is 0 Å². The number of nitrogens with one attached hydrogen (secondary N) is 1. The summed E-state index contributed by atoms with van der Waals surface area (Å²) in [6.45, 7) is 14.6. The lowest BCUT2D eigenvalue weighted by molar-refractivity contribution is 0.269. The smallest absolute Gasteiger partial charge is 0.156 e. The fraction of sp³-hybridized carbons (Fsp3) is 0.929. The number of nitrogens with zero attached hydrogens (tertiary/aromatic N) is 1. The molecule has 2 unspecified atom stereocenters. The molecule has 100 valence electrons. The summed E-state index contributed by atoms with van der Waals surface area (Å²) in [7, 11) is 0. The molecule has 0 aromatic carbocycles. The van der Waals surface area contributed by atoms with Crippen LogP contribution in [0.2, 0.25) is 0 Å². The van der Waals surface area contributed by atoms with Gasteiger partial charge in [-0.25, -0.2) is 0 Å². The largest absolute Gasteiger partial charge is 0.361 e. The number of thioether (sulfide) groups is 1. The van der Waals surface area contributed by atoms with Crippen molar-refractivity contribution in [3.8, 4) is 0 Å². The number of rotatable bonds is 4. The molecule has 0 spiro atoms. The van der Waals surface area contributed by atoms with E-state index in [1.807, 2.05) is 11.8 Å². The normalized spacial score (nSPS) is 25.4. The second-order valence-corrected chi connectivity index (χ2v) is 7.70. The van der Waals surface area contributed by atoms with Crippen molar-refractivity contribution in [1.82, 2.24) is 5.32 Å². The molecular formula is C14H28N2S. The van der Waals surface area contributed by atoms with Crippen LogP contribution in [0.25, 0.3) is 0 Å². The van der Waals surface area contributed by atoms with Crippen LogP contribution in [-0.2, 0) is 0 Å². The highest BCUT2D eigenvalue weighted by atomic mass is 32.2. The van der Waals surface area contributed by atoms with Gasteiger partial charge in [0.2, 0.25) is 0 Å². The maximum absolute atomic E-state index is 4.72. The van der Waals surface area contributed by atoms with Crippen molar-refractivity contribution >= 4 is 16.9 Å². The second-order valence-electron chi connectivity index (χ2n) is 6.69. The monoisotopic (exact) mass is 256 g/mol. The molecule has 0 amide bonds. The summed E-state index contributed by atoms with van der Waals surface area (Å²) in [5.41, 5.74) is 0.352. The van der Waals surface area contributed by atoms with Gasteiger partial charge in [0.25, 0.3) is 0 Å². The predicted octanol–water partition coefficient (Wildman–Crippen LogP) is 3.78. The Morgan fingerprint density at radius 2 is 2.00 bits per heavy atom. The Kier molecular flexibility index (Phi) is 5.36. The Balaban J connectivity index is 2.38. The molecule has 0 aliphatic carbocycles. The SMILES string of the molecule is CC(C)CC1CSC(=NCC(C)C(C)(C)C)N1. The second kappa shape index (κ2) is 6.12. The zero-order chi connectivity index (χ0) is 13.1. The highest BCUT2D eigenvalue weighted by molar-refractivity contribution is 8.14. The van der Waals surface area contributed by atoms with Crippen LogP contribution in [0.4, 0.5) is 0 Å². The summed E-state index contributed by atoms with van der Waals surface area (Å²) >= 11 is 1.88. The van der Waals surface area contributed by atoms with E-state index in [1.54, 1.807) is 0 Å². The Morgan fingerprint density at radius 3 is 2.53 bits per heavy atom. The first-order chi connectivity index (χ1) is 7.79. The molecule has 0 bridgehead atoms. The molecule has 1 heterocycles. The third-order valence-electron chi connectivity index (χ3n) is 3.49. The van der Waals surface area contributed by atoms with Gasteiger partial charge in [-0.15, -0.1) is 0 Å². The van der Waals surface area contributed by atoms with E-state index in [9.17, 15) is 0 Å². The molecule has 1 N–H and O–H groups in total. The summed E-state index contributed by atoms with van der Waals surface area (Å²) in [6, 6.07) is 0.628. The van der Waals surface area contributed by atoms with Crippen LogP contribution < -0.4 is 5.32 Å². The average molecular weight is 256 g/mol. The Labute approximate surface area is 111 Å². The molecule has 1 fully saturated rings. The number of aliphatic imine (C=N–C) groups is 1. The van der Waals surface area contributed by atoms with Crippen molar-refractivity contribution in [3.63, 3.8) is 0 Å². The lowest BCUT2D eigenvalue weighted by Crippen LogP contribution is -2.29. The first-order valence-corrected chi connectivity index (χ1v) is 7.71. The molecule has 1 rings (SSSR count). The maximum atomic E-state index is 4.72. The van der Waals surface area contributed by atoms with Crippen LogP contribution in [0.1, 0.15) is 48.0 Å². The lowest BCUT2D eigenvalue weighted by atomic mass is 9.82. The Bertz CT molecular complexity index is 266. The summed E-state index contributed by atoms with van der Waals surface area (Å²) in [5, 5.41) is 4.70. The maximum Gasteiger partial charge on any atom is 0.156 e. The molecule has 1 aliphatic heterocycles. The van der Waals surface area contributed by atoms with E-state index in [0.29, 0.717) is 17.4 Å². The molecule has 0 saturated carbocycles. The third kappa shape index (κ3) is 5.33. The van der Waals surface area contributed by atoms with Gasteiger partial charge in [0, 0.05) is 18.3 Å². The highest BCUT2D eigenvalue weighted by Crippen LogP contribution is 2.26. The number of hydrogen-bond donors (Lipinski definition) is 1. The quantitative estimate of drug-likeness (QED) is 0.828. The summed E-state index contributed by atoms with van der Waals surface area (Å²) in [4.78, 5) is 4.72. The van der Waals surface area contributed by atoms with Crippen LogP contribution in [0.5, 0.6) is 0 Å². The molecular weight excluding hydrogens is 228 g/mol. The van der Waals surface area contributed by atoms with Gasteiger partial charge >= 0.3 is 0 Å². The van der Waals surface area contributed by atoms with E-state index in [0.717, 1.165) is 17.6 Å². The highest BCUT2D eigenvalue weighted by Gasteiger charge is 2.23. The van der Waals surface area contributed by atoms with Gasteiger partial charge in [-0.3, -0.25) is 4.99 Å². The zero-order valence-corrected chi connectivity index (χ0v) is 13.0. The van der Waals surface area contributed by atoms with Crippen LogP contribution in [0, 0.1) is 17.3 Å². The van der Waals surface area contributed by atoms with Crippen molar-refractivity contribution in [2.75, 3.05) is 12.3 Å². The zero-order valence-electron chi connectivity index (χ0n) is 12.2. The van der Waals surface area contributed by atoms with E-state index >= 15 is 0 Å². The number of amidine groups is 1. The van der Waals surface area contributed by atoms with Gasteiger partial charge < -0.3 is 5.32 Å². The molecule has 0 aromatic heterocycles. The van der Waals surface area contributed by atoms with Crippen LogP contribution >= 0.6 is 11.8 Å².